The number of amides is 1. The van der Waals surface area contributed by atoms with Crippen LogP contribution in [0.25, 0.3) is 0 Å². The van der Waals surface area contributed by atoms with Gasteiger partial charge in [-0.3, -0.25) is 4.79 Å². The maximum Gasteiger partial charge on any atom is 0.251 e. The van der Waals surface area contributed by atoms with Gasteiger partial charge in [0, 0.05) is 5.56 Å². The van der Waals surface area contributed by atoms with Crippen molar-refractivity contribution in [3.63, 3.8) is 0 Å². The van der Waals surface area contributed by atoms with Crippen LogP contribution in [0.4, 0.5) is 0 Å². The summed E-state index contributed by atoms with van der Waals surface area (Å²) in [5, 5.41) is 2.83. The van der Waals surface area contributed by atoms with E-state index in [2.05, 4.69) is 5.32 Å². The number of benzene rings is 2. The first kappa shape index (κ1) is 17.7. The highest BCUT2D eigenvalue weighted by molar-refractivity contribution is 5.94. The molecule has 0 aromatic heterocycles. The molecule has 0 heterocycles. The topological polar surface area (TPSA) is 56.8 Å². The van der Waals surface area contributed by atoms with Gasteiger partial charge in [0.1, 0.15) is 12.4 Å². The van der Waals surface area contributed by atoms with Crippen LogP contribution in [0.1, 0.15) is 21.5 Å². The number of carbonyl (C=O) groups is 1. The minimum absolute atomic E-state index is 0.180. The first-order valence-corrected chi connectivity index (χ1v) is 7.75. The molecule has 2 aromatic carbocycles. The summed E-state index contributed by atoms with van der Waals surface area (Å²) in [5.74, 6) is 1.78. The summed E-state index contributed by atoms with van der Waals surface area (Å²) in [6.07, 6.45) is 0. The predicted octanol–water partition coefficient (Wildman–Crippen LogP) is 3.13. The Bertz CT molecular complexity index is 713. The number of carbonyl (C=O) groups excluding carboxylic acids is 1. The van der Waals surface area contributed by atoms with Crippen molar-refractivity contribution in [2.75, 3.05) is 27.4 Å². The van der Waals surface area contributed by atoms with Crippen LogP contribution in [0.2, 0.25) is 0 Å². The van der Waals surface area contributed by atoms with E-state index in [0.29, 0.717) is 30.2 Å². The van der Waals surface area contributed by atoms with E-state index in [9.17, 15) is 4.79 Å². The third-order valence-electron chi connectivity index (χ3n) is 3.63. The lowest BCUT2D eigenvalue weighted by molar-refractivity contribution is 0.0946. The molecule has 0 atom stereocenters. The number of hydrogen-bond acceptors (Lipinski definition) is 4. The molecule has 0 saturated heterocycles. The van der Waals surface area contributed by atoms with Crippen LogP contribution < -0.4 is 19.5 Å². The zero-order valence-corrected chi connectivity index (χ0v) is 14.5. The van der Waals surface area contributed by atoms with Crippen LogP contribution >= 0.6 is 0 Å². The number of aryl methyl sites for hydroxylation is 2. The average molecular weight is 329 g/mol. The minimum atomic E-state index is -0.180. The first-order valence-electron chi connectivity index (χ1n) is 7.75. The fourth-order valence-electron chi connectivity index (χ4n) is 2.27. The molecule has 5 nitrogen and oxygen atoms in total. The van der Waals surface area contributed by atoms with Crippen molar-refractivity contribution < 1.29 is 19.0 Å². The molecule has 2 rings (SSSR count). The maximum atomic E-state index is 12.2. The molecular formula is C19H23NO4. The largest absolute Gasteiger partial charge is 0.493 e. The molecule has 0 aliphatic heterocycles. The number of rotatable bonds is 7. The Labute approximate surface area is 142 Å². The second-order valence-electron chi connectivity index (χ2n) is 5.44. The standard InChI is InChI=1S/C19H23NO4/c1-13-5-6-14(2)17(11-13)24-10-9-20-19(21)15-7-8-16(22-3)18(12-15)23-4/h5-8,11-12H,9-10H2,1-4H3,(H,20,21). The first-order chi connectivity index (χ1) is 11.5. The van der Waals surface area contributed by atoms with Gasteiger partial charge in [-0.25, -0.2) is 0 Å². The van der Waals surface area contributed by atoms with Crippen molar-refractivity contribution >= 4 is 5.91 Å². The van der Waals surface area contributed by atoms with Gasteiger partial charge < -0.3 is 19.5 Å². The minimum Gasteiger partial charge on any atom is -0.493 e. The predicted molar refractivity (Wildman–Crippen MR) is 93.3 cm³/mol. The molecule has 0 spiro atoms. The molecule has 0 aliphatic rings. The van der Waals surface area contributed by atoms with Gasteiger partial charge >= 0.3 is 0 Å². The SMILES string of the molecule is COc1ccc(C(=O)NCCOc2cc(C)ccc2C)cc1OC. The van der Waals surface area contributed by atoms with Gasteiger partial charge in [-0.1, -0.05) is 12.1 Å². The van der Waals surface area contributed by atoms with Gasteiger partial charge in [-0.2, -0.15) is 0 Å². The summed E-state index contributed by atoms with van der Waals surface area (Å²) in [4.78, 5) is 12.2. The van der Waals surface area contributed by atoms with E-state index in [1.165, 1.54) is 7.11 Å². The summed E-state index contributed by atoms with van der Waals surface area (Å²) < 4.78 is 16.1. The van der Waals surface area contributed by atoms with Gasteiger partial charge in [0.15, 0.2) is 11.5 Å². The molecule has 0 fully saturated rings. The third-order valence-corrected chi connectivity index (χ3v) is 3.63. The van der Waals surface area contributed by atoms with E-state index < -0.39 is 0 Å². The number of nitrogens with one attached hydrogen (secondary N) is 1. The molecule has 24 heavy (non-hydrogen) atoms. The Morgan fingerprint density at radius 3 is 2.42 bits per heavy atom. The van der Waals surface area contributed by atoms with Crippen LogP contribution in [-0.4, -0.2) is 33.3 Å². The Morgan fingerprint density at radius 1 is 0.958 bits per heavy atom. The lowest BCUT2D eigenvalue weighted by atomic mass is 10.1. The van der Waals surface area contributed by atoms with E-state index in [0.717, 1.165) is 16.9 Å². The lowest BCUT2D eigenvalue weighted by Gasteiger charge is -2.12. The summed E-state index contributed by atoms with van der Waals surface area (Å²) in [6.45, 7) is 4.84. The molecule has 5 heteroatoms. The molecule has 128 valence electrons. The fourth-order valence-corrected chi connectivity index (χ4v) is 2.27. The Kier molecular flexibility index (Phi) is 6.07. The zero-order chi connectivity index (χ0) is 17.5. The number of ether oxygens (including phenoxy) is 3. The Morgan fingerprint density at radius 2 is 1.71 bits per heavy atom. The Hall–Kier alpha value is -2.69. The van der Waals surface area contributed by atoms with E-state index in [4.69, 9.17) is 14.2 Å². The van der Waals surface area contributed by atoms with Gasteiger partial charge in [0.05, 0.1) is 20.8 Å². The van der Waals surface area contributed by atoms with Crippen LogP contribution in [0.3, 0.4) is 0 Å². The van der Waals surface area contributed by atoms with Crippen molar-refractivity contribution in [3.05, 3.63) is 53.1 Å². The van der Waals surface area contributed by atoms with Gasteiger partial charge in [0.2, 0.25) is 0 Å². The third kappa shape index (κ3) is 4.41. The van der Waals surface area contributed by atoms with Crippen molar-refractivity contribution in [1.29, 1.82) is 0 Å². The highest BCUT2D eigenvalue weighted by Crippen LogP contribution is 2.27. The molecule has 0 saturated carbocycles. The molecule has 1 amide bonds. The molecule has 0 bridgehead atoms. The molecule has 0 aliphatic carbocycles. The van der Waals surface area contributed by atoms with Crippen LogP contribution in [-0.2, 0) is 0 Å². The Balaban J connectivity index is 1.88. The summed E-state index contributed by atoms with van der Waals surface area (Å²) in [7, 11) is 3.10. The van der Waals surface area contributed by atoms with Crippen molar-refractivity contribution in [1.82, 2.24) is 5.32 Å². The molecular weight excluding hydrogens is 306 g/mol. The van der Waals surface area contributed by atoms with E-state index in [1.54, 1.807) is 25.3 Å². The average Bonchev–Trinajstić information content (AvgIpc) is 2.60. The van der Waals surface area contributed by atoms with Crippen LogP contribution in [0.15, 0.2) is 36.4 Å². The smallest absolute Gasteiger partial charge is 0.251 e. The van der Waals surface area contributed by atoms with E-state index >= 15 is 0 Å². The molecule has 2 aromatic rings. The van der Waals surface area contributed by atoms with Gasteiger partial charge in [0.25, 0.3) is 5.91 Å². The second-order valence-corrected chi connectivity index (χ2v) is 5.44. The highest BCUT2D eigenvalue weighted by atomic mass is 16.5. The second kappa shape index (κ2) is 8.24. The summed E-state index contributed by atoms with van der Waals surface area (Å²) >= 11 is 0. The van der Waals surface area contributed by atoms with E-state index in [1.807, 2.05) is 32.0 Å². The summed E-state index contributed by atoms with van der Waals surface area (Å²) in [5.41, 5.74) is 2.73. The monoisotopic (exact) mass is 329 g/mol. The van der Waals surface area contributed by atoms with Crippen molar-refractivity contribution in [3.8, 4) is 17.2 Å². The highest BCUT2D eigenvalue weighted by Gasteiger charge is 2.10. The normalized spacial score (nSPS) is 10.2. The van der Waals surface area contributed by atoms with Gasteiger partial charge in [-0.05, 0) is 49.2 Å². The van der Waals surface area contributed by atoms with Gasteiger partial charge in [-0.15, -0.1) is 0 Å². The van der Waals surface area contributed by atoms with E-state index in [-0.39, 0.29) is 5.91 Å². The maximum absolute atomic E-state index is 12.2. The molecule has 0 radical (unpaired) electrons. The quantitative estimate of drug-likeness (QED) is 0.793. The molecule has 0 unspecified atom stereocenters. The van der Waals surface area contributed by atoms with Crippen LogP contribution in [0, 0.1) is 13.8 Å². The summed E-state index contributed by atoms with van der Waals surface area (Å²) in [6, 6.07) is 11.1. The number of hydrogen-bond donors (Lipinski definition) is 1. The zero-order valence-electron chi connectivity index (χ0n) is 14.5. The lowest BCUT2D eigenvalue weighted by Crippen LogP contribution is -2.28. The van der Waals surface area contributed by atoms with Crippen molar-refractivity contribution in [2.45, 2.75) is 13.8 Å². The molecule has 1 N–H and O–H groups in total. The van der Waals surface area contributed by atoms with Crippen molar-refractivity contribution in [2.24, 2.45) is 0 Å². The number of methoxy groups -OCH3 is 2. The fraction of sp³-hybridized carbons (Fsp3) is 0.316. The van der Waals surface area contributed by atoms with Crippen LogP contribution in [0.5, 0.6) is 17.2 Å².